The number of hydrogen-bond donors (Lipinski definition) is 1. The van der Waals surface area contributed by atoms with Crippen LogP contribution in [0.3, 0.4) is 0 Å². The SMILES string of the molecule is CC(C)(C)OC=O.O=C1CC(c2ccccc2)C(c2cccc(Cl)c2)CN1. The minimum Gasteiger partial charge on any atom is -0.462 e. The van der Waals surface area contributed by atoms with Crippen molar-refractivity contribution in [1.29, 1.82) is 0 Å². The molecule has 2 atom stereocenters. The third kappa shape index (κ3) is 6.72. The Bertz CT molecular complexity index is 756. The van der Waals surface area contributed by atoms with E-state index in [1.165, 1.54) is 11.1 Å². The van der Waals surface area contributed by atoms with Gasteiger partial charge in [0.2, 0.25) is 5.91 Å². The van der Waals surface area contributed by atoms with Crippen molar-refractivity contribution in [2.45, 2.75) is 44.6 Å². The Morgan fingerprint density at radius 3 is 2.26 bits per heavy atom. The predicted octanol–water partition coefficient (Wildman–Crippen LogP) is 4.69. The maximum atomic E-state index is 11.8. The number of hydrogen-bond acceptors (Lipinski definition) is 3. The molecule has 2 unspecified atom stereocenters. The molecule has 1 N–H and O–H groups in total. The van der Waals surface area contributed by atoms with Crippen LogP contribution in [0.1, 0.15) is 50.2 Å². The Morgan fingerprint density at radius 1 is 1.04 bits per heavy atom. The first-order valence-corrected chi connectivity index (χ1v) is 9.36. The van der Waals surface area contributed by atoms with Gasteiger partial charge in [-0.05, 0) is 44.0 Å². The van der Waals surface area contributed by atoms with Crippen LogP contribution in [0.15, 0.2) is 54.6 Å². The van der Waals surface area contributed by atoms with E-state index < -0.39 is 0 Å². The standard InChI is InChI=1S/C17H16ClNO.C5H10O2/c18-14-8-4-7-13(9-14)16-11-19-17(20)10-15(16)12-5-2-1-3-6-12;1-5(2,3)7-4-6/h1-9,15-16H,10-11H2,(H,19,20);4H,1-3H3. The minimum absolute atomic E-state index is 0.122. The largest absolute Gasteiger partial charge is 0.462 e. The number of carbonyl (C=O) groups is 2. The van der Waals surface area contributed by atoms with Crippen LogP contribution >= 0.6 is 11.6 Å². The van der Waals surface area contributed by atoms with Crippen LogP contribution in [0.5, 0.6) is 0 Å². The van der Waals surface area contributed by atoms with Gasteiger partial charge in [-0.25, -0.2) is 0 Å². The lowest BCUT2D eigenvalue weighted by atomic mass is 9.77. The summed E-state index contributed by atoms with van der Waals surface area (Å²) in [6, 6.07) is 18.2. The van der Waals surface area contributed by atoms with Gasteiger partial charge in [-0.15, -0.1) is 0 Å². The molecule has 4 nitrogen and oxygen atoms in total. The topological polar surface area (TPSA) is 55.4 Å². The summed E-state index contributed by atoms with van der Waals surface area (Å²) in [4.78, 5) is 21.4. The molecular formula is C22H26ClNO3. The normalized spacial score (nSPS) is 19.3. The summed E-state index contributed by atoms with van der Waals surface area (Å²) in [5, 5.41) is 3.71. The Hall–Kier alpha value is -2.33. The molecule has 1 amide bonds. The number of halogens is 1. The number of piperidine rings is 1. The molecule has 0 aliphatic carbocycles. The van der Waals surface area contributed by atoms with Crippen molar-refractivity contribution < 1.29 is 14.3 Å². The van der Waals surface area contributed by atoms with Crippen molar-refractivity contribution in [3.05, 3.63) is 70.7 Å². The molecule has 0 bridgehead atoms. The monoisotopic (exact) mass is 387 g/mol. The van der Waals surface area contributed by atoms with Gasteiger partial charge in [0.25, 0.3) is 6.47 Å². The molecular weight excluding hydrogens is 362 g/mol. The number of benzene rings is 2. The first-order valence-electron chi connectivity index (χ1n) is 8.98. The smallest absolute Gasteiger partial charge is 0.293 e. The lowest BCUT2D eigenvalue weighted by Gasteiger charge is -2.32. The van der Waals surface area contributed by atoms with Gasteiger partial charge in [0.15, 0.2) is 0 Å². The molecule has 27 heavy (non-hydrogen) atoms. The summed E-state index contributed by atoms with van der Waals surface area (Å²) in [7, 11) is 0. The Kier molecular flexibility index (Phi) is 7.43. The highest BCUT2D eigenvalue weighted by Gasteiger charge is 2.31. The van der Waals surface area contributed by atoms with E-state index in [0.717, 1.165) is 5.02 Å². The van der Waals surface area contributed by atoms with Crippen molar-refractivity contribution in [1.82, 2.24) is 5.32 Å². The van der Waals surface area contributed by atoms with E-state index >= 15 is 0 Å². The second-order valence-electron chi connectivity index (χ2n) is 7.51. The Labute approximate surface area is 165 Å². The number of ether oxygens (including phenoxy) is 1. The first-order chi connectivity index (χ1) is 12.8. The van der Waals surface area contributed by atoms with Crippen LogP contribution in [-0.2, 0) is 14.3 Å². The highest BCUT2D eigenvalue weighted by molar-refractivity contribution is 6.30. The minimum atomic E-state index is -0.318. The molecule has 0 radical (unpaired) electrons. The Morgan fingerprint density at radius 2 is 1.70 bits per heavy atom. The number of amides is 1. The molecule has 1 aliphatic heterocycles. The Balaban J connectivity index is 0.000000321. The lowest BCUT2D eigenvalue weighted by Crippen LogP contribution is -2.38. The number of rotatable bonds is 3. The molecule has 0 saturated carbocycles. The van der Waals surface area contributed by atoms with E-state index in [9.17, 15) is 9.59 Å². The van der Waals surface area contributed by atoms with Crippen molar-refractivity contribution in [2.75, 3.05) is 6.54 Å². The summed E-state index contributed by atoms with van der Waals surface area (Å²) in [6.07, 6.45) is 0.529. The fraction of sp³-hybridized carbons (Fsp3) is 0.364. The first kappa shape index (κ1) is 21.0. The molecule has 2 aromatic rings. The van der Waals surface area contributed by atoms with E-state index in [0.29, 0.717) is 19.4 Å². The molecule has 2 aromatic carbocycles. The third-order valence-corrected chi connectivity index (χ3v) is 4.55. The summed E-state index contributed by atoms with van der Waals surface area (Å²) < 4.78 is 4.55. The van der Waals surface area contributed by atoms with Gasteiger partial charge in [0.1, 0.15) is 5.60 Å². The van der Waals surface area contributed by atoms with E-state index in [4.69, 9.17) is 11.6 Å². The fourth-order valence-electron chi connectivity index (χ4n) is 3.06. The molecule has 1 heterocycles. The molecule has 144 valence electrons. The molecule has 1 saturated heterocycles. The van der Waals surface area contributed by atoms with Crippen molar-refractivity contribution >= 4 is 24.0 Å². The summed E-state index contributed by atoms with van der Waals surface area (Å²) in [5.41, 5.74) is 2.08. The molecule has 0 spiro atoms. The van der Waals surface area contributed by atoms with E-state index in [1.807, 2.05) is 57.2 Å². The van der Waals surface area contributed by atoms with E-state index in [1.54, 1.807) is 0 Å². The molecule has 1 fully saturated rings. The van der Waals surface area contributed by atoms with E-state index in [2.05, 4.69) is 28.3 Å². The highest BCUT2D eigenvalue weighted by atomic mass is 35.5. The fourth-order valence-corrected chi connectivity index (χ4v) is 3.26. The van der Waals surface area contributed by atoms with Gasteiger partial charge < -0.3 is 10.1 Å². The zero-order valence-corrected chi connectivity index (χ0v) is 16.7. The quantitative estimate of drug-likeness (QED) is 0.777. The zero-order chi connectivity index (χ0) is 19.9. The van der Waals surface area contributed by atoms with Crippen molar-refractivity contribution in [3.63, 3.8) is 0 Å². The van der Waals surface area contributed by atoms with Crippen LogP contribution in [-0.4, -0.2) is 24.5 Å². The molecule has 3 rings (SSSR count). The molecule has 5 heteroatoms. The number of carbonyl (C=O) groups excluding carboxylic acids is 2. The zero-order valence-electron chi connectivity index (χ0n) is 15.9. The third-order valence-electron chi connectivity index (χ3n) is 4.32. The maximum Gasteiger partial charge on any atom is 0.293 e. The van der Waals surface area contributed by atoms with Gasteiger partial charge in [0, 0.05) is 29.8 Å². The van der Waals surface area contributed by atoms with E-state index in [-0.39, 0.29) is 23.3 Å². The van der Waals surface area contributed by atoms with Gasteiger partial charge in [-0.3, -0.25) is 9.59 Å². The molecule has 1 aliphatic rings. The van der Waals surface area contributed by atoms with Crippen LogP contribution in [0.2, 0.25) is 5.02 Å². The average molecular weight is 388 g/mol. The van der Waals surface area contributed by atoms with Crippen LogP contribution in [0.25, 0.3) is 0 Å². The van der Waals surface area contributed by atoms with Crippen molar-refractivity contribution in [2.24, 2.45) is 0 Å². The average Bonchev–Trinajstić information content (AvgIpc) is 2.62. The van der Waals surface area contributed by atoms with Crippen LogP contribution in [0, 0.1) is 0 Å². The summed E-state index contributed by atoms with van der Waals surface area (Å²) >= 11 is 6.10. The van der Waals surface area contributed by atoms with Crippen LogP contribution in [0.4, 0.5) is 0 Å². The second-order valence-corrected chi connectivity index (χ2v) is 7.95. The number of nitrogens with one attached hydrogen (secondary N) is 1. The van der Waals surface area contributed by atoms with Gasteiger partial charge in [-0.2, -0.15) is 0 Å². The predicted molar refractivity (Wildman–Crippen MR) is 108 cm³/mol. The lowest BCUT2D eigenvalue weighted by molar-refractivity contribution is -0.138. The highest BCUT2D eigenvalue weighted by Crippen LogP contribution is 2.38. The van der Waals surface area contributed by atoms with Crippen molar-refractivity contribution in [3.8, 4) is 0 Å². The van der Waals surface area contributed by atoms with Gasteiger partial charge in [0.05, 0.1) is 0 Å². The molecule has 0 aromatic heterocycles. The van der Waals surface area contributed by atoms with Crippen LogP contribution < -0.4 is 5.32 Å². The second kappa shape index (κ2) is 9.56. The van der Waals surface area contributed by atoms with Gasteiger partial charge in [-0.1, -0.05) is 54.1 Å². The maximum absolute atomic E-state index is 11.8. The summed E-state index contributed by atoms with van der Waals surface area (Å²) in [5.74, 6) is 0.606. The van der Waals surface area contributed by atoms with Gasteiger partial charge >= 0.3 is 0 Å². The summed E-state index contributed by atoms with van der Waals surface area (Å²) in [6.45, 7) is 6.59.